The number of esters is 1. The normalized spacial score (nSPS) is 19.3. The van der Waals surface area contributed by atoms with Crippen LogP contribution in [0.1, 0.15) is 40.9 Å². The topological polar surface area (TPSA) is 51.7 Å². The highest BCUT2D eigenvalue weighted by molar-refractivity contribution is 5.96. The molecule has 0 unspecified atom stereocenters. The predicted octanol–water partition coefficient (Wildman–Crippen LogP) is 5.74. The average molecular weight is 483 g/mol. The van der Waals surface area contributed by atoms with E-state index in [-0.39, 0.29) is 17.8 Å². The fraction of sp³-hybridized carbons (Fsp3) is 0.333. The number of ether oxygens (including phenoxy) is 2. The Labute approximate surface area is 201 Å². The molecule has 2 atom stereocenters. The highest BCUT2D eigenvalue weighted by atomic mass is 19.4. The number of hydrogen-bond donors (Lipinski definition) is 0. The van der Waals surface area contributed by atoms with Gasteiger partial charge in [0.25, 0.3) is 0 Å². The Bertz CT molecular complexity index is 1300. The van der Waals surface area contributed by atoms with Gasteiger partial charge in [-0.15, -0.1) is 0 Å². The summed E-state index contributed by atoms with van der Waals surface area (Å²) in [6, 6.07) is 12.6. The summed E-state index contributed by atoms with van der Waals surface area (Å²) in [6.45, 7) is 5.66. The van der Waals surface area contributed by atoms with Crippen LogP contribution in [0.2, 0.25) is 0 Å². The van der Waals surface area contributed by atoms with Crippen LogP contribution in [-0.4, -0.2) is 43.4 Å². The average Bonchev–Trinajstić information content (AvgIpc) is 3.19. The number of halogens is 3. The van der Waals surface area contributed by atoms with E-state index in [0.717, 1.165) is 47.6 Å². The summed E-state index contributed by atoms with van der Waals surface area (Å²) < 4.78 is 50.7. The standard InChI is InChI=1S/C27H25F3N2O3/c1-15-13-32(14-16(2)35-15)20-7-8-21-18(10-20)11-22-23(26(33)34-3)12-24(31-25(21)22)17-5-4-6-19(9-17)27(28,29)30/h4-10,12,15-16H,11,13-14H2,1-3H3/t15-,16+. The second-order valence-electron chi connectivity index (χ2n) is 9.13. The lowest BCUT2D eigenvalue weighted by Gasteiger charge is -2.37. The van der Waals surface area contributed by atoms with Crippen molar-refractivity contribution in [1.29, 1.82) is 0 Å². The van der Waals surface area contributed by atoms with E-state index >= 15 is 0 Å². The van der Waals surface area contributed by atoms with Gasteiger partial charge in [0, 0.05) is 36.3 Å². The monoisotopic (exact) mass is 482 g/mol. The quantitative estimate of drug-likeness (QED) is 0.349. The number of alkyl halides is 3. The molecular formula is C27H25F3N2O3. The number of carbonyl (C=O) groups excluding carboxylic acids is 1. The van der Waals surface area contributed by atoms with E-state index in [0.29, 0.717) is 23.4 Å². The molecule has 0 N–H and O–H groups in total. The molecule has 1 aromatic heterocycles. The number of pyridine rings is 1. The molecule has 35 heavy (non-hydrogen) atoms. The lowest BCUT2D eigenvalue weighted by Crippen LogP contribution is -2.45. The lowest BCUT2D eigenvalue weighted by molar-refractivity contribution is -0.137. The first kappa shape index (κ1) is 23.4. The van der Waals surface area contributed by atoms with Gasteiger partial charge in [-0.25, -0.2) is 9.78 Å². The summed E-state index contributed by atoms with van der Waals surface area (Å²) in [6.07, 6.45) is -3.75. The molecule has 2 aliphatic rings. The molecule has 5 nitrogen and oxygen atoms in total. The van der Waals surface area contributed by atoms with Crippen molar-refractivity contribution in [1.82, 2.24) is 4.98 Å². The molecule has 0 saturated carbocycles. The highest BCUT2D eigenvalue weighted by Crippen LogP contribution is 2.41. The lowest BCUT2D eigenvalue weighted by atomic mass is 10.0. The first-order valence-corrected chi connectivity index (χ1v) is 11.5. The maximum atomic E-state index is 13.3. The second kappa shape index (κ2) is 8.68. The van der Waals surface area contributed by atoms with Crippen molar-refractivity contribution in [2.24, 2.45) is 0 Å². The molecule has 8 heteroatoms. The van der Waals surface area contributed by atoms with Crippen molar-refractivity contribution in [2.75, 3.05) is 25.1 Å². The zero-order chi connectivity index (χ0) is 24.9. The third-order valence-electron chi connectivity index (χ3n) is 6.51. The summed E-state index contributed by atoms with van der Waals surface area (Å²) in [5.74, 6) is -0.541. The number of morpholine rings is 1. The second-order valence-corrected chi connectivity index (χ2v) is 9.13. The summed E-state index contributed by atoms with van der Waals surface area (Å²) in [5.41, 5.74) is 4.41. The summed E-state index contributed by atoms with van der Waals surface area (Å²) >= 11 is 0. The fourth-order valence-corrected chi connectivity index (χ4v) is 5.00. The largest absolute Gasteiger partial charge is 0.465 e. The third kappa shape index (κ3) is 4.38. The van der Waals surface area contributed by atoms with Gasteiger partial charge in [0.05, 0.1) is 41.8 Å². The van der Waals surface area contributed by atoms with Crippen LogP contribution in [0.4, 0.5) is 18.9 Å². The van der Waals surface area contributed by atoms with E-state index < -0.39 is 17.7 Å². The van der Waals surface area contributed by atoms with Gasteiger partial charge in [-0.05, 0) is 55.3 Å². The molecule has 1 aliphatic heterocycles. The Morgan fingerprint density at radius 3 is 2.51 bits per heavy atom. The van der Waals surface area contributed by atoms with Crippen LogP contribution in [0.25, 0.3) is 22.5 Å². The van der Waals surface area contributed by atoms with Crippen molar-refractivity contribution in [3.63, 3.8) is 0 Å². The Balaban J connectivity index is 1.58. The minimum Gasteiger partial charge on any atom is -0.465 e. The van der Waals surface area contributed by atoms with Gasteiger partial charge in [-0.1, -0.05) is 18.2 Å². The molecule has 5 rings (SSSR count). The fourth-order valence-electron chi connectivity index (χ4n) is 5.00. The number of hydrogen-bond acceptors (Lipinski definition) is 5. The molecule has 0 radical (unpaired) electrons. The number of methoxy groups -OCH3 is 1. The van der Waals surface area contributed by atoms with Gasteiger partial charge < -0.3 is 14.4 Å². The van der Waals surface area contributed by atoms with Crippen molar-refractivity contribution < 1.29 is 27.4 Å². The number of rotatable bonds is 3. The van der Waals surface area contributed by atoms with Crippen LogP contribution in [0, 0.1) is 0 Å². The number of carbonyl (C=O) groups is 1. The maximum absolute atomic E-state index is 13.3. The van der Waals surface area contributed by atoms with E-state index in [1.807, 2.05) is 26.0 Å². The smallest absolute Gasteiger partial charge is 0.416 e. The van der Waals surface area contributed by atoms with E-state index in [4.69, 9.17) is 14.5 Å². The molecule has 2 heterocycles. The molecule has 0 spiro atoms. The first-order valence-electron chi connectivity index (χ1n) is 11.5. The molecule has 1 fully saturated rings. The molecule has 1 saturated heterocycles. The van der Waals surface area contributed by atoms with Crippen LogP contribution in [0.3, 0.4) is 0 Å². The predicted molar refractivity (Wildman–Crippen MR) is 126 cm³/mol. The van der Waals surface area contributed by atoms with Crippen molar-refractivity contribution >= 4 is 11.7 Å². The van der Waals surface area contributed by atoms with Gasteiger partial charge in [0.1, 0.15) is 0 Å². The van der Waals surface area contributed by atoms with Crippen molar-refractivity contribution in [3.8, 4) is 22.5 Å². The summed E-state index contributed by atoms with van der Waals surface area (Å²) in [4.78, 5) is 19.7. The Morgan fingerprint density at radius 1 is 1.09 bits per heavy atom. The number of fused-ring (bicyclic) bond motifs is 3. The van der Waals surface area contributed by atoms with Crippen LogP contribution >= 0.6 is 0 Å². The number of benzene rings is 2. The molecule has 3 aromatic rings. The SMILES string of the molecule is COC(=O)c1cc(-c2cccc(C(F)(F)F)c2)nc2c1Cc1cc(N3C[C@@H](C)O[C@@H](C)C3)ccc1-2. The minimum atomic E-state index is -4.48. The third-order valence-corrected chi connectivity index (χ3v) is 6.51. The van der Waals surface area contributed by atoms with E-state index in [1.54, 1.807) is 6.07 Å². The molecular weight excluding hydrogens is 457 g/mol. The zero-order valence-corrected chi connectivity index (χ0v) is 19.6. The Kier molecular flexibility index (Phi) is 5.79. The molecule has 182 valence electrons. The van der Waals surface area contributed by atoms with E-state index in [9.17, 15) is 18.0 Å². The Hall–Kier alpha value is -3.39. The van der Waals surface area contributed by atoms with Crippen molar-refractivity contribution in [3.05, 3.63) is 70.8 Å². The number of anilines is 1. The summed E-state index contributed by atoms with van der Waals surface area (Å²) in [7, 11) is 1.29. The minimum absolute atomic E-state index is 0.117. The molecule has 0 bridgehead atoms. The number of aromatic nitrogens is 1. The van der Waals surface area contributed by atoms with Gasteiger partial charge in [-0.2, -0.15) is 13.2 Å². The van der Waals surface area contributed by atoms with Gasteiger partial charge in [0.2, 0.25) is 0 Å². The number of nitrogens with zero attached hydrogens (tertiary/aromatic N) is 2. The molecule has 1 aliphatic carbocycles. The molecule has 2 aromatic carbocycles. The van der Waals surface area contributed by atoms with E-state index in [2.05, 4.69) is 11.0 Å². The maximum Gasteiger partial charge on any atom is 0.416 e. The van der Waals surface area contributed by atoms with E-state index in [1.165, 1.54) is 19.2 Å². The van der Waals surface area contributed by atoms with Crippen LogP contribution in [0.5, 0.6) is 0 Å². The highest BCUT2D eigenvalue weighted by Gasteiger charge is 2.32. The molecule has 0 amide bonds. The van der Waals surface area contributed by atoms with Crippen LogP contribution < -0.4 is 4.90 Å². The zero-order valence-electron chi connectivity index (χ0n) is 19.6. The van der Waals surface area contributed by atoms with Crippen LogP contribution in [-0.2, 0) is 22.1 Å². The summed E-state index contributed by atoms with van der Waals surface area (Å²) in [5, 5.41) is 0. The van der Waals surface area contributed by atoms with Gasteiger partial charge >= 0.3 is 12.1 Å². The van der Waals surface area contributed by atoms with Crippen molar-refractivity contribution in [2.45, 2.75) is 38.7 Å². The Morgan fingerprint density at radius 2 is 1.83 bits per heavy atom. The first-order chi connectivity index (χ1) is 16.6. The van der Waals surface area contributed by atoms with Crippen LogP contribution in [0.15, 0.2) is 48.5 Å². The van der Waals surface area contributed by atoms with Gasteiger partial charge in [-0.3, -0.25) is 0 Å². The van der Waals surface area contributed by atoms with Gasteiger partial charge in [0.15, 0.2) is 0 Å².